The molecule has 140 valence electrons. The molecule has 0 bridgehead atoms. The van der Waals surface area contributed by atoms with Crippen LogP contribution in [0.4, 0.5) is 0 Å². The molecule has 0 aliphatic heterocycles. The second-order valence-corrected chi connectivity index (χ2v) is 6.33. The topological polar surface area (TPSA) is 171 Å². The fourth-order valence-electron chi connectivity index (χ4n) is 2.03. The van der Waals surface area contributed by atoms with E-state index < -0.39 is 36.0 Å². The van der Waals surface area contributed by atoms with Gasteiger partial charge >= 0.3 is 17.9 Å². The lowest BCUT2D eigenvalue weighted by molar-refractivity contribution is -0.161. The highest BCUT2D eigenvalue weighted by molar-refractivity contribution is 5.90. The zero-order chi connectivity index (χ0) is 18.9. The monoisotopic (exact) mass is 346 g/mol. The fourth-order valence-corrected chi connectivity index (χ4v) is 2.03. The Kier molecular flexibility index (Phi) is 10.4. The van der Waals surface area contributed by atoms with Gasteiger partial charge < -0.3 is 32.4 Å². The first-order valence-corrected chi connectivity index (χ1v) is 8.04. The Morgan fingerprint density at radius 3 is 2.08 bits per heavy atom. The van der Waals surface area contributed by atoms with Crippen LogP contribution in [0.25, 0.3) is 0 Å². The van der Waals surface area contributed by atoms with Crippen molar-refractivity contribution in [2.75, 3.05) is 6.54 Å². The number of hydrogen-bond donors (Lipinski definition) is 5. The quantitative estimate of drug-likeness (QED) is 0.231. The van der Waals surface area contributed by atoms with Crippen LogP contribution in [-0.4, -0.2) is 53.7 Å². The minimum Gasteiger partial charge on any atom is -0.480 e. The lowest BCUT2D eigenvalue weighted by Crippen LogP contribution is -2.48. The molecule has 9 heteroatoms. The fraction of sp³-hybridized carbons (Fsp3) is 0.800. The van der Waals surface area contributed by atoms with E-state index in [1.54, 1.807) is 0 Å². The Hall–Kier alpha value is -1.55. The van der Waals surface area contributed by atoms with Gasteiger partial charge in [-0.25, -0.2) is 9.59 Å². The number of carbonyl (C=O) groups is 3. The van der Waals surface area contributed by atoms with Crippen molar-refractivity contribution in [3.05, 3.63) is 0 Å². The average molecular weight is 346 g/mol. The predicted molar refractivity (Wildman–Crippen MR) is 88.8 cm³/mol. The smallest absolute Gasteiger partial charge is 0.330 e. The summed E-state index contributed by atoms with van der Waals surface area (Å²) in [5.41, 5.74) is 16.6. The molecule has 8 N–H and O–H groups in total. The Balaban J connectivity index is 4.48. The summed E-state index contributed by atoms with van der Waals surface area (Å²) in [4.78, 5) is 34.2. The van der Waals surface area contributed by atoms with Crippen molar-refractivity contribution in [3.63, 3.8) is 0 Å². The molecule has 0 aliphatic rings. The third-order valence-electron chi connectivity index (χ3n) is 3.43. The second-order valence-electron chi connectivity index (χ2n) is 6.33. The van der Waals surface area contributed by atoms with E-state index >= 15 is 0 Å². The third kappa shape index (κ3) is 8.92. The van der Waals surface area contributed by atoms with Gasteiger partial charge in [0.25, 0.3) is 0 Å². The summed E-state index contributed by atoms with van der Waals surface area (Å²) < 4.78 is 4.54. The van der Waals surface area contributed by atoms with E-state index in [2.05, 4.69) is 10.1 Å². The highest BCUT2D eigenvalue weighted by Crippen LogP contribution is 2.08. The van der Waals surface area contributed by atoms with Gasteiger partial charge in [0, 0.05) is 12.6 Å². The van der Waals surface area contributed by atoms with E-state index in [9.17, 15) is 19.5 Å². The molecule has 0 aliphatic carbocycles. The maximum absolute atomic E-state index is 11.7. The number of carboxylic acid groups (broad SMARTS) is 1. The number of hydrogen-bond acceptors (Lipinski definition) is 8. The molecular weight excluding hydrogens is 316 g/mol. The van der Waals surface area contributed by atoms with Crippen molar-refractivity contribution in [1.82, 2.24) is 5.32 Å². The number of esters is 2. The number of rotatable bonds is 11. The van der Waals surface area contributed by atoms with E-state index in [0.717, 1.165) is 0 Å². The van der Waals surface area contributed by atoms with Crippen molar-refractivity contribution < 1.29 is 24.2 Å². The van der Waals surface area contributed by atoms with Crippen molar-refractivity contribution in [2.24, 2.45) is 23.1 Å². The molecule has 0 saturated carbocycles. The van der Waals surface area contributed by atoms with Crippen LogP contribution in [-0.2, 0) is 19.1 Å². The highest BCUT2D eigenvalue weighted by atomic mass is 16.6. The van der Waals surface area contributed by atoms with Crippen molar-refractivity contribution in [1.29, 1.82) is 0 Å². The molecule has 0 radical (unpaired) electrons. The molecule has 0 saturated heterocycles. The molecule has 0 aromatic carbocycles. The second kappa shape index (κ2) is 11.1. The Morgan fingerprint density at radius 2 is 1.67 bits per heavy atom. The molecule has 0 amide bonds. The van der Waals surface area contributed by atoms with E-state index in [4.69, 9.17) is 17.2 Å². The summed E-state index contributed by atoms with van der Waals surface area (Å²) in [5.74, 6) is -2.44. The molecule has 0 fully saturated rings. The predicted octanol–water partition coefficient (Wildman–Crippen LogP) is -1.07. The van der Waals surface area contributed by atoms with Crippen molar-refractivity contribution in [2.45, 2.75) is 64.2 Å². The number of carbonyl (C=O) groups excluding carboxylic acids is 2. The van der Waals surface area contributed by atoms with E-state index in [1.807, 2.05) is 13.8 Å². The standard InChI is InChI=1S/C15H30N4O5/c1-8(2)6-12(13(20)21)19-10(7-16)4-5-11(18)15(23)24-14(22)9(3)17/h8-12,19H,4-7,16-18H2,1-3H3,(H,20,21)/t9-,10?,11-,12-/m0/s1. The highest BCUT2D eigenvalue weighted by Gasteiger charge is 2.25. The summed E-state index contributed by atoms with van der Waals surface area (Å²) in [5, 5.41) is 12.2. The van der Waals surface area contributed by atoms with Crippen LogP contribution < -0.4 is 22.5 Å². The van der Waals surface area contributed by atoms with Crippen LogP contribution in [0.3, 0.4) is 0 Å². The number of nitrogens with two attached hydrogens (primary N) is 3. The SMILES string of the molecule is CC(C)C[C@H](NC(CN)CC[C@H](N)C(=O)OC(=O)[C@H](C)N)C(=O)O. The van der Waals surface area contributed by atoms with Crippen LogP contribution >= 0.6 is 0 Å². The lowest BCUT2D eigenvalue weighted by Gasteiger charge is -2.24. The van der Waals surface area contributed by atoms with Gasteiger partial charge in [0.15, 0.2) is 0 Å². The summed E-state index contributed by atoms with van der Waals surface area (Å²) in [6.07, 6.45) is 1.04. The lowest BCUT2D eigenvalue weighted by atomic mass is 10.0. The Morgan fingerprint density at radius 1 is 1.08 bits per heavy atom. The maximum atomic E-state index is 11.7. The molecule has 1 unspecified atom stereocenters. The first-order valence-electron chi connectivity index (χ1n) is 8.04. The van der Waals surface area contributed by atoms with Crippen LogP contribution in [0.1, 0.15) is 40.0 Å². The molecule has 9 nitrogen and oxygen atoms in total. The number of nitrogens with one attached hydrogen (secondary N) is 1. The van der Waals surface area contributed by atoms with Crippen molar-refractivity contribution in [3.8, 4) is 0 Å². The molecule has 4 atom stereocenters. The molecule has 0 heterocycles. The molecule has 0 rings (SSSR count). The van der Waals surface area contributed by atoms with Crippen LogP contribution in [0.5, 0.6) is 0 Å². The van der Waals surface area contributed by atoms with Crippen LogP contribution in [0, 0.1) is 5.92 Å². The van der Waals surface area contributed by atoms with Gasteiger partial charge in [-0.3, -0.25) is 4.79 Å². The van der Waals surface area contributed by atoms with Crippen molar-refractivity contribution >= 4 is 17.9 Å². The molecule has 24 heavy (non-hydrogen) atoms. The summed E-state index contributed by atoms with van der Waals surface area (Å²) in [7, 11) is 0. The number of aliphatic carboxylic acids is 1. The first-order chi connectivity index (χ1) is 11.1. The number of ether oxygens (including phenoxy) is 1. The zero-order valence-corrected chi connectivity index (χ0v) is 14.5. The van der Waals surface area contributed by atoms with E-state index in [-0.39, 0.29) is 24.9 Å². The minimum absolute atomic E-state index is 0.197. The van der Waals surface area contributed by atoms with Crippen LogP contribution in [0.2, 0.25) is 0 Å². The van der Waals surface area contributed by atoms with Gasteiger partial charge in [-0.05, 0) is 32.1 Å². The minimum atomic E-state index is -1.00. The third-order valence-corrected chi connectivity index (χ3v) is 3.43. The Bertz CT molecular complexity index is 428. The molecular formula is C15H30N4O5. The van der Waals surface area contributed by atoms with Gasteiger partial charge in [0.1, 0.15) is 18.1 Å². The maximum Gasteiger partial charge on any atom is 0.330 e. The normalized spacial score (nSPS) is 16.3. The molecule has 0 aromatic rings. The summed E-state index contributed by atoms with van der Waals surface area (Å²) in [6.45, 7) is 5.45. The van der Waals surface area contributed by atoms with E-state index in [0.29, 0.717) is 12.8 Å². The summed E-state index contributed by atoms with van der Waals surface area (Å²) in [6, 6.07) is -2.95. The summed E-state index contributed by atoms with van der Waals surface area (Å²) >= 11 is 0. The van der Waals surface area contributed by atoms with Gasteiger partial charge in [0.2, 0.25) is 0 Å². The van der Waals surface area contributed by atoms with E-state index in [1.165, 1.54) is 6.92 Å². The number of carboxylic acids is 1. The van der Waals surface area contributed by atoms with Gasteiger partial charge in [0.05, 0.1) is 0 Å². The Labute approximate surface area is 142 Å². The zero-order valence-electron chi connectivity index (χ0n) is 14.5. The largest absolute Gasteiger partial charge is 0.480 e. The first kappa shape index (κ1) is 22.4. The van der Waals surface area contributed by atoms with Gasteiger partial charge in [-0.1, -0.05) is 13.8 Å². The molecule has 0 spiro atoms. The van der Waals surface area contributed by atoms with Gasteiger partial charge in [-0.2, -0.15) is 0 Å². The van der Waals surface area contributed by atoms with Crippen LogP contribution in [0.15, 0.2) is 0 Å². The van der Waals surface area contributed by atoms with Gasteiger partial charge in [-0.15, -0.1) is 0 Å². The molecule has 0 aromatic heterocycles. The average Bonchev–Trinajstić information content (AvgIpc) is 2.48.